The van der Waals surface area contributed by atoms with Crippen molar-refractivity contribution in [3.63, 3.8) is 0 Å². The number of hydrogen-bond donors (Lipinski definition) is 1. The van der Waals surface area contributed by atoms with E-state index in [9.17, 15) is 9.59 Å². The maximum absolute atomic E-state index is 12.3. The van der Waals surface area contributed by atoms with Crippen LogP contribution in [0.25, 0.3) is 0 Å². The highest BCUT2D eigenvalue weighted by Gasteiger charge is 2.18. The maximum Gasteiger partial charge on any atom is 0.244 e. The number of rotatable bonds is 5. The van der Waals surface area contributed by atoms with Crippen LogP contribution >= 0.6 is 23.2 Å². The molecule has 0 aliphatic carbocycles. The second kappa shape index (κ2) is 7.85. The molecule has 6 nitrogen and oxygen atoms in total. The van der Waals surface area contributed by atoms with Crippen LogP contribution in [0.2, 0.25) is 10.0 Å². The fourth-order valence-electron chi connectivity index (χ4n) is 2.50. The van der Waals surface area contributed by atoms with Crippen LogP contribution in [0.15, 0.2) is 36.4 Å². The van der Waals surface area contributed by atoms with Crippen molar-refractivity contribution in [3.8, 4) is 11.5 Å². The molecule has 1 aliphatic heterocycles. The number of nitrogens with one attached hydrogen (secondary N) is 1. The molecule has 26 heavy (non-hydrogen) atoms. The summed E-state index contributed by atoms with van der Waals surface area (Å²) in [6, 6.07) is 10.4. The Morgan fingerprint density at radius 1 is 1.15 bits per heavy atom. The van der Waals surface area contributed by atoms with Crippen molar-refractivity contribution < 1.29 is 19.1 Å². The van der Waals surface area contributed by atoms with Crippen LogP contribution in [0.5, 0.6) is 11.5 Å². The molecule has 136 valence electrons. The lowest BCUT2D eigenvalue weighted by Crippen LogP contribution is -2.36. The van der Waals surface area contributed by atoms with Gasteiger partial charge in [-0.2, -0.15) is 0 Å². The molecule has 2 amide bonds. The summed E-state index contributed by atoms with van der Waals surface area (Å²) in [6.45, 7) is 1.74. The summed E-state index contributed by atoms with van der Waals surface area (Å²) in [5, 5.41) is 3.27. The monoisotopic (exact) mass is 394 g/mol. The second-order valence-electron chi connectivity index (χ2n) is 5.71. The molecular weight excluding hydrogens is 379 g/mol. The van der Waals surface area contributed by atoms with Gasteiger partial charge in [-0.05, 0) is 29.8 Å². The minimum atomic E-state index is -0.370. The molecule has 1 aliphatic rings. The molecule has 3 rings (SSSR count). The van der Waals surface area contributed by atoms with Gasteiger partial charge in [0.05, 0.1) is 15.7 Å². The summed E-state index contributed by atoms with van der Waals surface area (Å²) in [7, 11) is 0. The first-order chi connectivity index (χ1) is 12.4. The third-order valence-electron chi connectivity index (χ3n) is 3.82. The quantitative estimate of drug-likeness (QED) is 0.838. The van der Waals surface area contributed by atoms with Crippen molar-refractivity contribution in [2.45, 2.75) is 13.5 Å². The fourth-order valence-corrected chi connectivity index (χ4v) is 2.85. The number of hydrogen-bond acceptors (Lipinski definition) is 4. The average Bonchev–Trinajstić information content (AvgIpc) is 3.06. The lowest BCUT2D eigenvalue weighted by molar-refractivity contribution is -0.133. The highest BCUT2D eigenvalue weighted by atomic mass is 35.5. The largest absolute Gasteiger partial charge is 0.454 e. The van der Waals surface area contributed by atoms with E-state index in [0.29, 0.717) is 22.2 Å². The van der Waals surface area contributed by atoms with Crippen LogP contribution in [0, 0.1) is 0 Å². The van der Waals surface area contributed by atoms with Crippen LogP contribution in [0.3, 0.4) is 0 Å². The minimum absolute atomic E-state index is 0.118. The molecule has 0 bridgehead atoms. The van der Waals surface area contributed by atoms with Crippen LogP contribution in [-0.2, 0) is 16.1 Å². The predicted molar refractivity (Wildman–Crippen MR) is 98.7 cm³/mol. The molecular formula is C18H16Cl2N2O4. The number of nitrogens with zero attached hydrogens (tertiary/aromatic N) is 1. The molecule has 0 aromatic heterocycles. The van der Waals surface area contributed by atoms with Crippen molar-refractivity contribution in [2.24, 2.45) is 0 Å². The Morgan fingerprint density at radius 2 is 1.92 bits per heavy atom. The first-order valence-electron chi connectivity index (χ1n) is 7.82. The van der Waals surface area contributed by atoms with Crippen LogP contribution < -0.4 is 14.8 Å². The maximum atomic E-state index is 12.3. The van der Waals surface area contributed by atoms with E-state index in [1.54, 1.807) is 30.3 Å². The zero-order valence-electron chi connectivity index (χ0n) is 13.9. The lowest BCUT2D eigenvalue weighted by Gasteiger charge is -2.21. The van der Waals surface area contributed by atoms with Crippen LogP contribution in [-0.4, -0.2) is 30.1 Å². The van der Waals surface area contributed by atoms with E-state index in [0.717, 1.165) is 5.56 Å². The third-order valence-corrected chi connectivity index (χ3v) is 4.63. The number of amides is 2. The van der Waals surface area contributed by atoms with Gasteiger partial charge in [0.15, 0.2) is 11.5 Å². The van der Waals surface area contributed by atoms with Gasteiger partial charge < -0.3 is 19.7 Å². The number of benzene rings is 2. The molecule has 0 radical (unpaired) electrons. The van der Waals surface area contributed by atoms with Crippen molar-refractivity contribution in [2.75, 3.05) is 18.7 Å². The van der Waals surface area contributed by atoms with Crippen molar-refractivity contribution in [1.82, 2.24) is 4.90 Å². The van der Waals surface area contributed by atoms with Gasteiger partial charge in [0.25, 0.3) is 0 Å². The van der Waals surface area contributed by atoms with Crippen molar-refractivity contribution >= 4 is 40.7 Å². The Hall–Kier alpha value is -2.44. The predicted octanol–water partition coefficient (Wildman–Crippen LogP) is 3.71. The minimum Gasteiger partial charge on any atom is -0.454 e. The zero-order valence-corrected chi connectivity index (χ0v) is 15.4. The molecule has 2 aromatic rings. The smallest absolute Gasteiger partial charge is 0.244 e. The SMILES string of the molecule is CC(=O)N(CC(=O)Nc1cccc(Cl)c1Cl)Cc1ccc2c(c1)OCO2. The Balaban J connectivity index is 1.67. The molecule has 0 atom stereocenters. The molecule has 2 aromatic carbocycles. The van der Waals surface area contributed by atoms with Gasteiger partial charge in [-0.25, -0.2) is 0 Å². The number of anilines is 1. The number of fused-ring (bicyclic) bond motifs is 1. The van der Waals surface area contributed by atoms with E-state index in [2.05, 4.69) is 5.32 Å². The van der Waals surface area contributed by atoms with Crippen molar-refractivity contribution in [1.29, 1.82) is 0 Å². The molecule has 0 spiro atoms. The molecule has 0 saturated heterocycles. The number of halogens is 2. The van der Waals surface area contributed by atoms with E-state index in [4.69, 9.17) is 32.7 Å². The molecule has 0 unspecified atom stereocenters. The summed E-state index contributed by atoms with van der Waals surface area (Å²) >= 11 is 12.0. The molecule has 1 N–H and O–H groups in total. The summed E-state index contributed by atoms with van der Waals surface area (Å²) in [5.74, 6) is 0.692. The van der Waals surface area contributed by atoms with Crippen molar-refractivity contribution in [3.05, 3.63) is 52.0 Å². The van der Waals surface area contributed by atoms with E-state index in [1.165, 1.54) is 11.8 Å². The van der Waals surface area contributed by atoms with E-state index >= 15 is 0 Å². The zero-order chi connectivity index (χ0) is 18.7. The van der Waals surface area contributed by atoms with E-state index in [1.807, 2.05) is 6.07 Å². The fraction of sp³-hybridized carbons (Fsp3) is 0.222. The molecule has 8 heteroatoms. The summed E-state index contributed by atoms with van der Waals surface area (Å²) in [5.41, 5.74) is 1.23. The topological polar surface area (TPSA) is 67.9 Å². The molecule has 1 heterocycles. The highest BCUT2D eigenvalue weighted by Crippen LogP contribution is 2.33. The number of carbonyl (C=O) groups excluding carboxylic acids is 2. The van der Waals surface area contributed by atoms with Gasteiger partial charge in [0.2, 0.25) is 18.6 Å². The number of ether oxygens (including phenoxy) is 2. The van der Waals surface area contributed by atoms with Gasteiger partial charge in [0, 0.05) is 13.5 Å². The first-order valence-corrected chi connectivity index (χ1v) is 8.57. The number of carbonyl (C=O) groups is 2. The Morgan fingerprint density at radius 3 is 2.69 bits per heavy atom. The molecule has 0 saturated carbocycles. The standard InChI is InChI=1S/C18H16Cl2N2O4/c1-11(23)22(8-12-5-6-15-16(7-12)26-10-25-15)9-17(24)21-14-4-2-3-13(19)18(14)20/h2-7H,8-10H2,1H3,(H,21,24). The van der Waals surface area contributed by atoms with Gasteiger partial charge in [-0.15, -0.1) is 0 Å². The third kappa shape index (κ3) is 4.20. The van der Waals surface area contributed by atoms with Gasteiger partial charge in [-0.3, -0.25) is 9.59 Å². The lowest BCUT2D eigenvalue weighted by atomic mass is 10.2. The van der Waals surface area contributed by atoms with Crippen LogP contribution in [0.1, 0.15) is 12.5 Å². The van der Waals surface area contributed by atoms with Gasteiger partial charge >= 0.3 is 0 Å². The Kier molecular flexibility index (Phi) is 5.54. The van der Waals surface area contributed by atoms with Gasteiger partial charge in [-0.1, -0.05) is 35.3 Å². The van der Waals surface area contributed by atoms with E-state index < -0.39 is 0 Å². The normalized spacial score (nSPS) is 12.0. The second-order valence-corrected chi connectivity index (χ2v) is 6.50. The highest BCUT2D eigenvalue weighted by molar-refractivity contribution is 6.44. The first kappa shape index (κ1) is 18.4. The summed E-state index contributed by atoms with van der Waals surface area (Å²) in [6.07, 6.45) is 0. The summed E-state index contributed by atoms with van der Waals surface area (Å²) in [4.78, 5) is 25.7. The average molecular weight is 395 g/mol. The summed E-state index contributed by atoms with van der Waals surface area (Å²) < 4.78 is 10.6. The Labute approximate surface area is 160 Å². The Bertz CT molecular complexity index is 857. The van der Waals surface area contributed by atoms with Crippen LogP contribution in [0.4, 0.5) is 5.69 Å². The van der Waals surface area contributed by atoms with Gasteiger partial charge in [0.1, 0.15) is 6.54 Å². The molecule has 0 fully saturated rings. The van der Waals surface area contributed by atoms with E-state index in [-0.39, 0.29) is 36.7 Å².